The molecule has 18 heavy (non-hydrogen) atoms. The van der Waals surface area contributed by atoms with Crippen LogP contribution in [0.4, 0.5) is 8.78 Å². The smallest absolute Gasteiger partial charge is 0.129 e. The monoisotopic (exact) mass is 257 g/mol. The molecule has 2 nitrogen and oxygen atoms in total. The van der Waals surface area contributed by atoms with Crippen molar-refractivity contribution in [3.63, 3.8) is 0 Å². The maximum absolute atomic E-state index is 13.5. The van der Waals surface area contributed by atoms with E-state index in [0.29, 0.717) is 25.2 Å². The normalized spacial score (nSPS) is 12.7. The van der Waals surface area contributed by atoms with Gasteiger partial charge in [-0.3, -0.25) is 0 Å². The Morgan fingerprint density at radius 1 is 1.28 bits per heavy atom. The Bertz CT molecular complexity index is 350. The van der Waals surface area contributed by atoms with Gasteiger partial charge in [0, 0.05) is 18.7 Å². The van der Waals surface area contributed by atoms with Crippen LogP contribution in [0.1, 0.15) is 25.8 Å². The van der Waals surface area contributed by atoms with E-state index in [4.69, 9.17) is 4.74 Å². The van der Waals surface area contributed by atoms with E-state index in [9.17, 15) is 8.78 Å². The first-order valence-electron chi connectivity index (χ1n) is 6.42. The molecule has 0 bridgehead atoms. The van der Waals surface area contributed by atoms with E-state index in [1.165, 1.54) is 12.1 Å². The van der Waals surface area contributed by atoms with E-state index in [2.05, 4.69) is 12.2 Å². The van der Waals surface area contributed by atoms with Gasteiger partial charge in [0.25, 0.3) is 0 Å². The van der Waals surface area contributed by atoms with E-state index < -0.39 is 11.6 Å². The second kappa shape index (κ2) is 8.16. The van der Waals surface area contributed by atoms with Gasteiger partial charge in [0.1, 0.15) is 11.6 Å². The predicted molar refractivity (Wildman–Crippen MR) is 68.6 cm³/mol. The lowest BCUT2D eigenvalue weighted by atomic mass is 10.1. The van der Waals surface area contributed by atoms with Crippen molar-refractivity contribution in [3.05, 3.63) is 35.4 Å². The fourth-order valence-corrected chi connectivity index (χ4v) is 1.75. The van der Waals surface area contributed by atoms with Gasteiger partial charge < -0.3 is 10.1 Å². The van der Waals surface area contributed by atoms with Crippen LogP contribution in [-0.4, -0.2) is 25.8 Å². The lowest BCUT2D eigenvalue weighted by Crippen LogP contribution is -2.36. The highest BCUT2D eigenvalue weighted by atomic mass is 19.1. The zero-order valence-corrected chi connectivity index (χ0v) is 11.0. The van der Waals surface area contributed by atoms with E-state index in [0.717, 1.165) is 19.0 Å². The van der Waals surface area contributed by atoms with Crippen LogP contribution in [0.2, 0.25) is 0 Å². The minimum Gasteiger partial charge on any atom is -0.380 e. The van der Waals surface area contributed by atoms with Gasteiger partial charge in [-0.05, 0) is 37.9 Å². The molecule has 0 aliphatic rings. The average Bonchev–Trinajstić information content (AvgIpc) is 2.35. The van der Waals surface area contributed by atoms with E-state index in [1.54, 1.807) is 0 Å². The van der Waals surface area contributed by atoms with Crippen LogP contribution in [0.3, 0.4) is 0 Å². The van der Waals surface area contributed by atoms with Crippen molar-refractivity contribution in [1.82, 2.24) is 5.32 Å². The Kier molecular flexibility index (Phi) is 6.83. The first-order chi connectivity index (χ1) is 8.67. The van der Waals surface area contributed by atoms with Gasteiger partial charge >= 0.3 is 0 Å². The highest BCUT2D eigenvalue weighted by Crippen LogP contribution is 2.12. The molecule has 0 radical (unpaired) electrons. The van der Waals surface area contributed by atoms with Crippen molar-refractivity contribution in [3.8, 4) is 0 Å². The molecule has 0 fully saturated rings. The van der Waals surface area contributed by atoms with Crippen molar-refractivity contribution in [1.29, 1.82) is 0 Å². The summed E-state index contributed by atoms with van der Waals surface area (Å²) in [6, 6.07) is 3.77. The van der Waals surface area contributed by atoms with Crippen molar-refractivity contribution >= 4 is 0 Å². The van der Waals surface area contributed by atoms with Gasteiger partial charge in [-0.15, -0.1) is 0 Å². The molecule has 0 aliphatic heterocycles. The molecule has 0 amide bonds. The number of hydrogen-bond donors (Lipinski definition) is 1. The molecular formula is C14H21F2NO. The summed E-state index contributed by atoms with van der Waals surface area (Å²) in [6.07, 6.45) is 1.51. The van der Waals surface area contributed by atoms with Crippen LogP contribution in [0.5, 0.6) is 0 Å². The quantitative estimate of drug-likeness (QED) is 0.773. The highest BCUT2D eigenvalue weighted by molar-refractivity contribution is 5.19. The van der Waals surface area contributed by atoms with E-state index in [1.807, 2.05) is 6.92 Å². The number of halogens is 2. The third-order valence-corrected chi connectivity index (χ3v) is 2.69. The maximum atomic E-state index is 13.5. The summed E-state index contributed by atoms with van der Waals surface area (Å²) in [6.45, 7) is 6.03. The Labute approximate surface area is 107 Å². The lowest BCUT2D eigenvalue weighted by molar-refractivity contribution is 0.122. The molecule has 1 atom stereocenters. The van der Waals surface area contributed by atoms with Crippen LogP contribution < -0.4 is 5.32 Å². The fraction of sp³-hybridized carbons (Fsp3) is 0.571. The highest BCUT2D eigenvalue weighted by Gasteiger charge is 2.12. The minimum atomic E-state index is -0.542. The number of hydrogen-bond acceptors (Lipinski definition) is 2. The molecule has 102 valence electrons. The SMILES string of the molecule is CCCNC(COCC)Cc1ccc(F)cc1F. The molecular weight excluding hydrogens is 236 g/mol. The predicted octanol–water partition coefficient (Wildman–Crippen LogP) is 2.91. The molecule has 0 spiro atoms. The summed E-state index contributed by atoms with van der Waals surface area (Å²) < 4.78 is 31.7. The zero-order chi connectivity index (χ0) is 13.4. The Morgan fingerprint density at radius 2 is 2.06 bits per heavy atom. The Balaban J connectivity index is 2.62. The molecule has 0 saturated carbocycles. The van der Waals surface area contributed by atoms with Gasteiger partial charge in [0.2, 0.25) is 0 Å². The summed E-state index contributed by atoms with van der Waals surface area (Å²) in [4.78, 5) is 0. The topological polar surface area (TPSA) is 21.3 Å². The lowest BCUT2D eigenvalue weighted by Gasteiger charge is -2.18. The van der Waals surface area contributed by atoms with Crippen molar-refractivity contribution in [2.75, 3.05) is 19.8 Å². The largest absolute Gasteiger partial charge is 0.380 e. The maximum Gasteiger partial charge on any atom is 0.129 e. The third-order valence-electron chi connectivity index (χ3n) is 2.69. The number of benzene rings is 1. The number of ether oxygens (including phenoxy) is 1. The van der Waals surface area contributed by atoms with Crippen molar-refractivity contribution in [2.24, 2.45) is 0 Å². The van der Waals surface area contributed by atoms with Gasteiger partial charge in [-0.1, -0.05) is 13.0 Å². The van der Waals surface area contributed by atoms with Gasteiger partial charge in [-0.2, -0.15) is 0 Å². The zero-order valence-electron chi connectivity index (χ0n) is 11.0. The van der Waals surface area contributed by atoms with Crippen molar-refractivity contribution < 1.29 is 13.5 Å². The first kappa shape index (κ1) is 15.1. The standard InChI is InChI=1S/C14H21F2NO/c1-3-7-17-13(10-18-4-2)8-11-5-6-12(15)9-14(11)16/h5-6,9,13,17H,3-4,7-8,10H2,1-2H3. The van der Waals surface area contributed by atoms with Crippen LogP contribution in [0.15, 0.2) is 18.2 Å². The summed E-state index contributed by atoms with van der Waals surface area (Å²) >= 11 is 0. The van der Waals surface area contributed by atoms with Crippen LogP contribution in [-0.2, 0) is 11.2 Å². The second-order valence-corrected chi connectivity index (χ2v) is 4.25. The summed E-state index contributed by atoms with van der Waals surface area (Å²) in [7, 11) is 0. The molecule has 1 aromatic carbocycles. The molecule has 1 unspecified atom stereocenters. The molecule has 1 rings (SSSR count). The van der Waals surface area contributed by atoms with Crippen molar-refractivity contribution in [2.45, 2.75) is 32.7 Å². The molecule has 0 aromatic heterocycles. The Morgan fingerprint density at radius 3 is 2.67 bits per heavy atom. The molecule has 1 aromatic rings. The van der Waals surface area contributed by atoms with E-state index in [-0.39, 0.29) is 6.04 Å². The summed E-state index contributed by atoms with van der Waals surface area (Å²) in [5.41, 5.74) is 0.518. The van der Waals surface area contributed by atoms with E-state index >= 15 is 0 Å². The van der Waals surface area contributed by atoms with Crippen LogP contribution in [0, 0.1) is 11.6 Å². The molecule has 0 saturated heterocycles. The van der Waals surface area contributed by atoms with Gasteiger partial charge in [0.15, 0.2) is 0 Å². The summed E-state index contributed by atoms with van der Waals surface area (Å²) in [5.74, 6) is -1.03. The average molecular weight is 257 g/mol. The fourth-order valence-electron chi connectivity index (χ4n) is 1.75. The first-order valence-corrected chi connectivity index (χ1v) is 6.42. The van der Waals surface area contributed by atoms with Crippen LogP contribution >= 0.6 is 0 Å². The Hall–Kier alpha value is -1.00. The van der Waals surface area contributed by atoms with Gasteiger partial charge in [-0.25, -0.2) is 8.78 Å². The third kappa shape index (κ3) is 5.10. The number of rotatable bonds is 8. The van der Waals surface area contributed by atoms with Gasteiger partial charge in [0.05, 0.1) is 6.61 Å². The summed E-state index contributed by atoms with van der Waals surface area (Å²) in [5, 5.41) is 3.31. The minimum absolute atomic E-state index is 0.0601. The van der Waals surface area contributed by atoms with Crippen LogP contribution in [0.25, 0.3) is 0 Å². The number of nitrogens with one attached hydrogen (secondary N) is 1. The molecule has 1 N–H and O–H groups in total. The second-order valence-electron chi connectivity index (χ2n) is 4.25. The molecule has 4 heteroatoms. The molecule has 0 heterocycles. The molecule has 0 aliphatic carbocycles.